The lowest BCUT2D eigenvalue weighted by atomic mass is 10.0. The van der Waals surface area contributed by atoms with E-state index in [2.05, 4.69) is 40.2 Å². The molecule has 0 fully saturated rings. The van der Waals surface area contributed by atoms with Crippen molar-refractivity contribution in [3.05, 3.63) is 89.0 Å². The molecule has 0 saturated carbocycles. The van der Waals surface area contributed by atoms with Crippen molar-refractivity contribution >= 4 is 0 Å². The van der Waals surface area contributed by atoms with E-state index < -0.39 is 6.10 Å². The molecule has 0 bridgehead atoms. The Kier molecular flexibility index (Phi) is 14.1. The van der Waals surface area contributed by atoms with Gasteiger partial charge in [0.25, 0.3) is 0 Å². The first kappa shape index (κ1) is 30.0. The van der Waals surface area contributed by atoms with Gasteiger partial charge in [0.2, 0.25) is 0 Å². The molecule has 2 aromatic rings. The zero-order valence-corrected chi connectivity index (χ0v) is 22.6. The van der Waals surface area contributed by atoms with E-state index in [0.717, 1.165) is 63.8 Å². The highest BCUT2D eigenvalue weighted by Gasteiger charge is 2.19. The van der Waals surface area contributed by atoms with Crippen LogP contribution in [0.25, 0.3) is 0 Å². The monoisotopic (exact) mass is 525 g/mol. The van der Waals surface area contributed by atoms with Crippen LogP contribution >= 0.6 is 0 Å². The Labute approximate surface area is 227 Å². The van der Waals surface area contributed by atoms with Crippen molar-refractivity contribution in [3.63, 3.8) is 0 Å². The Hall–Kier alpha value is -2.51. The van der Waals surface area contributed by atoms with E-state index in [1.54, 1.807) is 12.1 Å². The van der Waals surface area contributed by atoms with Crippen LogP contribution in [-0.2, 0) is 22.8 Å². The second kappa shape index (κ2) is 17.9. The minimum absolute atomic E-state index is 0.00601. The van der Waals surface area contributed by atoms with Gasteiger partial charge in [-0.15, -0.1) is 0 Å². The van der Waals surface area contributed by atoms with Gasteiger partial charge in [0.1, 0.15) is 11.9 Å². The number of aliphatic hydroxyl groups excluding tert-OH is 1. The van der Waals surface area contributed by atoms with Crippen LogP contribution in [0.1, 0.15) is 80.6 Å². The molecular weight excluding hydrogens is 481 g/mol. The third-order valence-corrected chi connectivity index (χ3v) is 7.02. The van der Waals surface area contributed by atoms with E-state index in [4.69, 9.17) is 4.74 Å². The standard InChI is InChI=1S/C32H44FNO4/c33-38-32(29-18-19-31(36)30(23-29)26-35)25-34(24-28-16-7-4-8-17-28)20-10-1-2-11-21-37-22-12-9-15-27-13-5-3-6-14-27/h4-5,7-8,13-14,16-19,23,32,35-36H,1-3,6,9-12,15,20-22,24-26H2. The molecule has 1 unspecified atom stereocenters. The first-order valence-corrected chi connectivity index (χ1v) is 14.1. The molecule has 1 aliphatic rings. The Morgan fingerprint density at radius 1 is 0.921 bits per heavy atom. The molecule has 208 valence electrons. The van der Waals surface area contributed by atoms with Crippen LogP contribution in [0.3, 0.4) is 0 Å². The Balaban J connectivity index is 1.36. The molecule has 1 atom stereocenters. The van der Waals surface area contributed by atoms with Crippen LogP contribution in [-0.4, -0.2) is 41.4 Å². The SMILES string of the molecule is OCc1cc(C(CN(CCCCCCOCCCCC2=CCCC=C2)Cc2ccccc2)OF)ccc1O. The highest BCUT2D eigenvalue weighted by molar-refractivity contribution is 5.36. The zero-order valence-electron chi connectivity index (χ0n) is 22.6. The Bertz CT molecular complexity index is 979. The van der Waals surface area contributed by atoms with Crippen LogP contribution in [0.5, 0.6) is 5.75 Å². The molecule has 6 heteroatoms. The molecule has 2 aromatic carbocycles. The van der Waals surface area contributed by atoms with Crippen molar-refractivity contribution in [3.8, 4) is 5.75 Å². The molecule has 38 heavy (non-hydrogen) atoms. The van der Waals surface area contributed by atoms with Crippen molar-refractivity contribution in [2.24, 2.45) is 0 Å². The van der Waals surface area contributed by atoms with Crippen LogP contribution in [0, 0.1) is 0 Å². The second-order valence-electron chi connectivity index (χ2n) is 10.1. The number of phenols is 1. The molecule has 0 spiro atoms. The summed E-state index contributed by atoms with van der Waals surface area (Å²) in [7, 11) is 0. The number of hydrogen-bond donors (Lipinski definition) is 2. The van der Waals surface area contributed by atoms with Gasteiger partial charge in [-0.25, -0.2) is 0 Å². The molecule has 0 aliphatic heterocycles. The predicted molar refractivity (Wildman–Crippen MR) is 150 cm³/mol. The number of aromatic hydroxyl groups is 1. The Morgan fingerprint density at radius 3 is 2.45 bits per heavy atom. The summed E-state index contributed by atoms with van der Waals surface area (Å²) in [5.74, 6) is -0.00601. The maximum absolute atomic E-state index is 13.6. The largest absolute Gasteiger partial charge is 0.508 e. The van der Waals surface area contributed by atoms with Crippen molar-refractivity contribution in [2.45, 2.75) is 77.0 Å². The van der Waals surface area contributed by atoms with Crippen LogP contribution in [0.2, 0.25) is 0 Å². The van der Waals surface area contributed by atoms with Gasteiger partial charge in [-0.2, -0.15) is 4.94 Å². The predicted octanol–water partition coefficient (Wildman–Crippen LogP) is 7.35. The van der Waals surface area contributed by atoms with Crippen LogP contribution < -0.4 is 0 Å². The highest BCUT2D eigenvalue weighted by atomic mass is 19.3. The average molecular weight is 526 g/mol. The lowest BCUT2D eigenvalue weighted by Gasteiger charge is -2.26. The fraction of sp³-hybridized carbons (Fsp3) is 0.500. The smallest absolute Gasteiger partial charge is 0.136 e. The van der Waals surface area contributed by atoms with Crippen molar-refractivity contribution in [2.75, 3.05) is 26.3 Å². The fourth-order valence-corrected chi connectivity index (χ4v) is 4.81. The minimum atomic E-state index is -0.802. The summed E-state index contributed by atoms with van der Waals surface area (Å²) in [6.45, 7) is 3.22. The average Bonchev–Trinajstić information content (AvgIpc) is 2.96. The summed E-state index contributed by atoms with van der Waals surface area (Å²) < 4.78 is 19.5. The van der Waals surface area contributed by atoms with Gasteiger partial charge in [-0.3, -0.25) is 4.90 Å². The summed E-state index contributed by atoms with van der Waals surface area (Å²) in [4.78, 5) is 6.56. The number of ether oxygens (including phenoxy) is 1. The fourth-order valence-electron chi connectivity index (χ4n) is 4.81. The molecule has 0 amide bonds. The van der Waals surface area contributed by atoms with Gasteiger partial charge >= 0.3 is 0 Å². The van der Waals surface area contributed by atoms with Crippen LogP contribution in [0.15, 0.2) is 72.3 Å². The first-order valence-electron chi connectivity index (χ1n) is 14.1. The number of unbranched alkanes of at least 4 members (excludes halogenated alkanes) is 4. The third kappa shape index (κ3) is 11.1. The van der Waals surface area contributed by atoms with E-state index >= 15 is 0 Å². The second-order valence-corrected chi connectivity index (χ2v) is 10.1. The number of allylic oxidation sites excluding steroid dienone is 4. The number of benzene rings is 2. The summed E-state index contributed by atoms with van der Waals surface area (Å²) in [5.41, 5.74) is 3.59. The number of halogens is 1. The van der Waals surface area contributed by atoms with E-state index in [0.29, 0.717) is 24.2 Å². The molecule has 2 N–H and O–H groups in total. The number of nitrogens with zero attached hydrogens (tertiary/aromatic N) is 1. The van der Waals surface area contributed by atoms with E-state index in [-0.39, 0.29) is 12.4 Å². The molecular formula is C32H44FNO4. The van der Waals surface area contributed by atoms with Crippen molar-refractivity contribution in [1.82, 2.24) is 4.90 Å². The van der Waals surface area contributed by atoms with Crippen LogP contribution in [0.4, 0.5) is 4.53 Å². The summed E-state index contributed by atoms with van der Waals surface area (Å²) in [6.07, 6.45) is 16.1. The molecule has 0 radical (unpaired) electrons. The van der Waals surface area contributed by atoms with Gasteiger partial charge in [-0.1, -0.05) is 73.0 Å². The normalized spacial score (nSPS) is 14.1. The topological polar surface area (TPSA) is 62.2 Å². The quantitative estimate of drug-likeness (QED) is 0.188. The number of rotatable bonds is 19. The maximum atomic E-state index is 13.6. The molecule has 5 nitrogen and oxygen atoms in total. The lowest BCUT2D eigenvalue weighted by Crippen LogP contribution is -2.30. The summed E-state index contributed by atoms with van der Waals surface area (Å²) in [6, 6.07) is 14.9. The summed E-state index contributed by atoms with van der Waals surface area (Å²) in [5, 5.41) is 19.3. The van der Waals surface area contributed by atoms with Crippen molar-refractivity contribution in [1.29, 1.82) is 0 Å². The molecule has 0 aromatic heterocycles. The Morgan fingerprint density at radius 2 is 1.71 bits per heavy atom. The van der Waals surface area contributed by atoms with Gasteiger partial charge in [-0.05, 0) is 79.3 Å². The number of hydrogen-bond acceptors (Lipinski definition) is 5. The maximum Gasteiger partial charge on any atom is 0.136 e. The first-order chi connectivity index (χ1) is 18.7. The molecule has 0 heterocycles. The van der Waals surface area contributed by atoms with Gasteiger partial charge < -0.3 is 14.9 Å². The zero-order chi connectivity index (χ0) is 26.8. The van der Waals surface area contributed by atoms with Gasteiger partial charge in [0.05, 0.1) is 6.61 Å². The number of aliphatic hydroxyl groups is 1. The van der Waals surface area contributed by atoms with E-state index in [1.807, 2.05) is 18.2 Å². The molecule has 0 saturated heterocycles. The molecule has 1 aliphatic carbocycles. The van der Waals surface area contributed by atoms with E-state index in [1.165, 1.54) is 30.9 Å². The van der Waals surface area contributed by atoms with E-state index in [9.17, 15) is 14.7 Å². The van der Waals surface area contributed by atoms with Crippen molar-refractivity contribution < 1.29 is 24.4 Å². The highest BCUT2D eigenvalue weighted by Crippen LogP contribution is 2.26. The minimum Gasteiger partial charge on any atom is -0.508 e. The van der Waals surface area contributed by atoms with Gasteiger partial charge in [0, 0.05) is 31.9 Å². The molecule has 3 rings (SSSR count). The van der Waals surface area contributed by atoms with Gasteiger partial charge in [0.15, 0.2) is 0 Å². The summed E-state index contributed by atoms with van der Waals surface area (Å²) >= 11 is 0. The lowest BCUT2D eigenvalue weighted by molar-refractivity contribution is -0.188. The third-order valence-electron chi connectivity index (χ3n) is 7.02.